The molecule has 0 aliphatic heterocycles. The molecular formula is C13H8ClF4N. The fourth-order valence-electron chi connectivity index (χ4n) is 1.80. The van der Waals surface area contributed by atoms with Gasteiger partial charge >= 0.3 is 0 Å². The second-order valence-electron chi connectivity index (χ2n) is 3.90. The molecule has 0 fully saturated rings. The van der Waals surface area contributed by atoms with Crippen LogP contribution in [0.4, 0.5) is 17.6 Å². The first-order valence-corrected chi connectivity index (χ1v) is 5.63. The maximum atomic E-state index is 13.6. The number of halogens is 5. The van der Waals surface area contributed by atoms with Gasteiger partial charge in [-0.25, -0.2) is 17.6 Å². The van der Waals surface area contributed by atoms with Gasteiger partial charge in [-0.3, -0.25) is 0 Å². The monoisotopic (exact) mass is 289 g/mol. The lowest BCUT2D eigenvalue weighted by Gasteiger charge is -2.16. The molecule has 6 heteroatoms. The van der Waals surface area contributed by atoms with Gasteiger partial charge in [0.05, 0.1) is 6.04 Å². The zero-order valence-corrected chi connectivity index (χ0v) is 10.2. The Bertz CT molecular complexity index is 587. The molecule has 0 amide bonds. The molecule has 0 spiro atoms. The van der Waals surface area contributed by atoms with Crippen molar-refractivity contribution in [2.75, 3.05) is 0 Å². The predicted octanol–water partition coefficient (Wildman–Crippen LogP) is 3.94. The van der Waals surface area contributed by atoms with Crippen LogP contribution in [0.5, 0.6) is 0 Å². The molecule has 2 aromatic rings. The second-order valence-corrected chi connectivity index (χ2v) is 4.30. The zero-order chi connectivity index (χ0) is 14.2. The summed E-state index contributed by atoms with van der Waals surface area (Å²) in [7, 11) is 0. The van der Waals surface area contributed by atoms with Crippen LogP contribution in [0.25, 0.3) is 0 Å². The molecule has 0 bridgehead atoms. The maximum Gasteiger partial charge on any atom is 0.134 e. The van der Waals surface area contributed by atoms with Crippen LogP contribution in [0, 0.1) is 23.3 Å². The first kappa shape index (κ1) is 13.8. The average Bonchev–Trinajstić information content (AvgIpc) is 2.26. The molecule has 0 aliphatic rings. The van der Waals surface area contributed by atoms with Crippen LogP contribution < -0.4 is 5.73 Å². The maximum absolute atomic E-state index is 13.6. The normalized spacial score (nSPS) is 12.5. The molecule has 100 valence electrons. The van der Waals surface area contributed by atoms with E-state index >= 15 is 0 Å². The molecule has 1 unspecified atom stereocenters. The quantitative estimate of drug-likeness (QED) is 0.833. The Morgan fingerprint density at radius 1 is 0.895 bits per heavy atom. The van der Waals surface area contributed by atoms with E-state index in [9.17, 15) is 17.6 Å². The number of nitrogens with two attached hydrogens (primary N) is 1. The minimum Gasteiger partial charge on any atom is -0.320 e. The standard InChI is InChI=1S/C13H8ClF4N/c14-7-2-1-3-8(16)11(7)13(19)12-9(17)4-6(15)5-10(12)18/h1-5,13H,19H2. The summed E-state index contributed by atoms with van der Waals surface area (Å²) in [4.78, 5) is 0. The largest absolute Gasteiger partial charge is 0.320 e. The van der Waals surface area contributed by atoms with Gasteiger partial charge in [0.1, 0.15) is 23.3 Å². The summed E-state index contributed by atoms with van der Waals surface area (Å²) in [6.45, 7) is 0. The molecule has 1 nitrogen and oxygen atoms in total. The highest BCUT2D eigenvalue weighted by Gasteiger charge is 2.24. The molecule has 1 atom stereocenters. The second kappa shape index (κ2) is 5.19. The Morgan fingerprint density at radius 3 is 2.00 bits per heavy atom. The van der Waals surface area contributed by atoms with Crippen molar-refractivity contribution in [3.05, 3.63) is 69.8 Å². The van der Waals surface area contributed by atoms with Gasteiger partial charge in [0.15, 0.2) is 0 Å². The zero-order valence-electron chi connectivity index (χ0n) is 9.43. The van der Waals surface area contributed by atoms with E-state index in [0.29, 0.717) is 12.1 Å². The van der Waals surface area contributed by atoms with E-state index in [4.69, 9.17) is 17.3 Å². The molecule has 0 aliphatic carbocycles. The van der Waals surface area contributed by atoms with Crippen molar-refractivity contribution in [3.63, 3.8) is 0 Å². The lowest BCUT2D eigenvalue weighted by molar-refractivity contribution is 0.509. The molecule has 0 aromatic heterocycles. The minimum atomic E-state index is -1.46. The fourth-order valence-corrected chi connectivity index (χ4v) is 2.08. The number of rotatable bonds is 2. The third kappa shape index (κ3) is 2.57. The van der Waals surface area contributed by atoms with E-state index in [0.717, 1.165) is 6.07 Å². The minimum absolute atomic E-state index is 0.0596. The number of hydrogen-bond acceptors (Lipinski definition) is 1. The van der Waals surface area contributed by atoms with Crippen LogP contribution in [-0.4, -0.2) is 0 Å². The fraction of sp³-hybridized carbons (Fsp3) is 0.0769. The Labute approximate surface area is 111 Å². The Kier molecular flexibility index (Phi) is 3.78. The van der Waals surface area contributed by atoms with E-state index in [-0.39, 0.29) is 10.6 Å². The van der Waals surface area contributed by atoms with Gasteiger partial charge in [0.25, 0.3) is 0 Å². The molecule has 2 N–H and O–H groups in total. The third-order valence-corrected chi connectivity index (χ3v) is 3.00. The van der Waals surface area contributed by atoms with Crippen molar-refractivity contribution in [1.82, 2.24) is 0 Å². The summed E-state index contributed by atoms with van der Waals surface area (Å²) in [5, 5.41) is -0.0596. The lowest BCUT2D eigenvalue weighted by Crippen LogP contribution is -2.18. The summed E-state index contributed by atoms with van der Waals surface area (Å²) in [6.07, 6.45) is 0. The average molecular weight is 290 g/mol. The van der Waals surface area contributed by atoms with Crippen LogP contribution in [0.1, 0.15) is 17.2 Å². The molecule has 2 aromatic carbocycles. The van der Waals surface area contributed by atoms with Crippen molar-refractivity contribution in [2.45, 2.75) is 6.04 Å². The lowest BCUT2D eigenvalue weighted by atomic mass is 9.98. The molecular weight excluding hydrogens is 282 g/mol. The molecule has 0 saturated carbocycles. The topological polar surface area (TPSA) is 26.0 Å². The molecule has 0 heterocycles. The summed E-state index contributed by atoms with van der Waals surface area (Å²) in [5.74, 6) is -4.25. The van der Waals surface area contributed by atoms with Crippen molar-refractivity contribution in [1.29, 1.82) is 0 Å². The van der Waals surface area contributed by atoms with Gasteiger partial charge in [0.2, 0.25) is 0 Å². The first-order valence-electron chi connectivity index (χ1n) is 5.25. The van der Waals surface area contributed by atoms with E-state index in [2.05, 4.69) is 0 Å². The Morgan fingerprint density at radius 2 is 1.47 bits per heavy atom. The molecule has 0 radical (unpaired) electrons. The highest BCUT2D eigenvalue weighted by Crippen LogP contribution is 2.31. The smallest absolute Gasteiger partial charge is 0.134 e. The van der Waals surface area contributed by atoms with Crippen molar-refractivity contribution in [3.8, 4) is 0 Å². The highest BCUT2D eigenvalue weighted by atomic mass is 35.5. The molecule has 0 saturated heterocycles. The van der Waals surface area contributed by atoms with Crippen LogP contribution in [-0.2, 0) is 0 Å². The van der Waals surface area contributed by atoms with Crippen LogP contribution >= 0.6 is 11.6 Å². The molecule has 19 heavy (non-hydrogen) atoms. The van der Waals surface area contributed by atoms with E-state index < -0.39 is 34.9 Å². The van der Waals surface area contributed by atoms with Gasteiger partial charge in [0, 0.05) is 28.3 Å². The third-order valence-electron chi connectivity index (χ3n) is 2.67. The van der Waals surface area contributed by atoms with E-state index in [1.165, 1.54) is 12.1 Å². The van der Waals surface area contributed by atoms with Gasteiger partial charge in [-0.2, -0.15) is 0 Å². The van der Waals surface area contributed by atoms with Gasteiger partial charge in [-0.05, 0) is 12.1 Å². The Balaban J connectivity index is 2.60. The summed E-state index contributed by atoms with van der Waals surface area (Å²) in [6, 6.07) is 3.25. The Hall–Kier alpha value is -1.59. The van der Waals surface area contributed by atoms with E-state index in [1.54, 1.807) is 0 Å². The van der Waals surface area contributed by atoms with Gasteiger partial charge in [-0.15, -0.1) is 0 Å². The van der Waals surface area contributed by atoms with Gasteiger partial charge < -0.3 is 5.73 Å². The van der Waals surface area contributed by atoms with Crippen LogP contribution in [0.3, 0.4) is 0 Å². The van der Waals surface area contributed by atoms with Crippen LogP contribution in [0.2, 0.25) is 5.02 Å². The van der Waals surface area contributed by atoms with E-state index in [1.807, 2.05) is 0 Å². The van der Waals surface area contributed by atoms with Crippen molar-refractivity contribution < 1.29 is 17.6 Å². The van der Waals surface area contributed by atoms with Crippen LogP contribution in [0.15, 0.2) is 30.3 Å². The summed E-state index contributed by atoms with van der Waals surface area (Å²) < 4.78 is 53.6. The number of benzene rings is 2. The first-order chi connectivity index (χ1) is 8.91. The SMILES string of the molecule is NC(c1c(F)cc(F)cc1F)c1c(F)cccc1Cl. The number of hydrogen-bond donors (Lipinski definition) is 1. The molecule has 2 rings (SSSR count). The summed E-state index contributed by atoms with van der Waals surface area (Å²) >= 11 is 5.77. The van der Waals surface area contributed by atoms with Gasteiger partial charge in [-0.1, -0.05) is 17.7 Å². The highest BCUT2D eigenvalue weighted by molar-refractivity contribution is 6.31. The van der Waals surface area contributed by atoms with Crippen molar-refractivity contribution >= 4 is 11.6 Å². The summed E-state index contributed by atoms with van der Waals surface area (Å²) in [5.41, 5.74) is 4.77. The predicted molar refractivity (Wildman–Crippen MR) is 63.8 cm³/mol. The van der Waals surface area contributed by atoms with Crippen molar-refractivity contribution in [2.24, 2.45) is 5.73 Å².